The Kier molecular flexibility index (Phi) is 5.27. The highest BCUT2D eigenvalue weighted by atomic mass is 32.2. The van der Waals surface area contributed by atoms with Crippen LogP contribution in [0.2, 0.25) is 0 Å². The van der Waals surface area contributed by atoms with Gasteiger partial charge >= 0.3 is 0 Å². The van der Waals surface area contributed by atoms with E-state index in [0.29, 0.717) is 10.3 Å². The van der Waals surface area contributed by atoms with Crippen LogP contribution in [-0.2, 0) is 11.2 Å². The summed E-state index contributed by atoms with van der Waals surface area (Å²) in [4.78, 5) is 20.7. The SMILES string of the molecule is CCc1ccc(-c2csc(NC(=O)[C@H](C)Sc3ncn[nH]3)n2)cc1. The van der Waals surface area contributed by atoms with E-state index in [1.165, 1.54) is 35.0 Å². The number of hydrogen-bond acceptors (Lipinski definition) is 6. The molecule has 0 spiro atoms. The lowest BCUT2D eigenvalue weighted by Crippen LogP contribution is -2.22. The number of H-pyrrole nitrogens is 1. The molecule has 0 saturated heterocycles. The van der Waals surface area contributed by atoms with Gasteiger partial charge in [0.15, 0.2) is 10.3 Å². The average Bonchev–Trinajstić information content (AvgIpc) is 3.27. The molecule has 0 unspecified atom stereocenters. The van der Waals surface area contributed by atoms with Gasteiger partial charge in [-0.15, -0.1) is 11.3 Å². The number of thiazole rings is 1. The molecule has 3 aromatic rings. The third-order valence-electron chi connectivity index (χ3n) is 3.44. The number of thioether (sulfide) groups is 1. The lowest BCUT2D eigenvalue weighted by Gasteiger charge is -2.07. The smallest absolute Gasteiger partial charge is 0.239 e. The number of carbonyl (C=O) groups excluding carboxylic acids is 1. The van der Waals surface area contributed by atoms with Crippen LogP contribution >= 0.6 is 23.1 Å². The number of nitrogens with zero attached hydrogens (tertiary/aromatic N) is 3. The molecule has 2 heterocycles. The van der Waals surface area contributed by atoms with Gasteiger partial charge in [-0.3, -0.25) is 9.89 Å². The number of rotatable bonds is 6. The first-order valence-electron chi connectivity index (χ1n) is 7.53. The van der Waals surface area contributed by atoms with Gasteiger partial charge in [-0.25, -0.2) is 9.97 Å². The van der Waals surface area contributed by atoms with E-state index in [1.807, 2.05) is 12.3 Å². The Morgan fingerprint density at radius 2 is 2.17 bits per heavy atom. The van der Waals surface area contributed by atoms with Crippen molar-refractivity contribution in [3.8, 4) is 11.3 Å². The first-order chi connectivity index (χ1) is 11.7. The molecule has 24 heavy (non-hydrogen) atoms. The Morgan fingerprint density at radius 3 is 2.83 bits per heavy atom. The van der Waals surface area contributed by atoms with E-state index in [2.05, 4.69) is 56.7 Å². The number of hydrogen-bond donors (Lipinski definition) is 2. The fourth-order valence-corrected chi connectivity index (χ4v) is 3.49. The first kappa shape index (κ1) is 16.7. The summed E-state index contributed by atoms with van der Waals surface area (Å²) in [6, 6.07) is 8.32. The maximum Gasteiger partial charge on any atom is 0.239 e. The van der Waals surface area contributed by atoms with Gasteiger partial charge in [0.1, 0.15) is 6.33 Å². The second-order valence-corrected chi connectivity index (χ2v) is 7.32. The number of amides is 1. The molecule has 124 valence electrons. The standard InChI is InChI=1S/C16H17N5OS2/c1-3-11-4-6-12(7-5-11)13-8-23-16(19-13)20-14(22)10(2)24-15-17-9-18-21-15/h4-10H,3H2,1-2H3,(H,17,18,21)(H,19,20,22)/t10-/m0/s1. The highest BCUT2D eigenvalue weighted by molar-refractivity contribution is 8.00. The van der Waals surface area contributed by atoms with E-state index >= 15 is 0 Å². The number of carbonyl (C=O) groups is 1. The van der Waals surface area contributed by atoms with Crippen LogP contribution in [0.15, 0.2) is 41.1 Å². The van der Waals surface area contributed by atoms with E-state index in [9.17, 15) is 4.79 Å². The minimum Gasteiger partial charge on any atom is -0.301 e. The van der Waals surface area contributed by atoms with Crippen molar-refractivity contribution in [1.82, 2.24) is 20.2 Å². The highest BCUT2D eigenvalue weighted by Crippen LogP contribution is 2.26. The Hall–Kier alpha value is -2.19. The van der Waals surface area contributed by atoms with Crippen molar-refractivity contribution in [2.24, 2.45) is 0 Å². The molecule has 0 bridgehead atoms. The number of aromatic nitrogens is 4. The largest absolute Gasteiger partial charge is 0.301 e. The molecule has 2 N–H and O–H groups in total. The molecule has 8 heteroatoms. The minimum atomic E-state index is -0.297. The van der Waals surface area contributed by atoms with E-state index in [-0.39, 0.29) is 11.2 Å². The van der Waals surface area contributed by atoms with E-state index in [4.69, 9.17) is 0 Å². The van der Waals surface area contributed by atoms with Crippen molar-refractivity contribution in [2.75, 3.05) is 5.32 Å². The molecule has 2 aromatic heterocycles. The van der Waals surface area contributed by atoms with Crippen LogP contribution < -0.4 is 5.32 Å². The molecule has 0 aliphatic heterocycles. The van der Waals surface area contributed by atoms with Crippen molar-refractivity contribution < 1.29 is 4.79 Å². The molecule has 1 atom stereocenters. The Labute approximate surface area is 148 Å². The fourth-order valence-electron chi connectivity index (χ4n) is 2.05. The van der Waals surface area contributed by atoms with Gasteiger partial charge in [0.05, 0.1) is 10.9 Å². The second-order valence-electron chi connectivity index (χ2n) is 5.13. The molecule has 0 aliphatic carbocycles. The maximum atomic E-state index is 12.2. The van der Waals surface area contributed by atoms with Gasteiger partial charge in [0, 0.05) is 10.9 Å². The van der Waals surface area contributed by atoms with Gasteiger partial charge < -0.3 is 5.32 Å². The third kappa shape index (κ3) is 4.01. The summed E-state index contributed by atoms with van der Waals surface area (Å²) in [7, 11) is 0. The maximum absolute atomic E-state index is 12.2. The Bertz CT molecular complexity index is 798. The van der Waals surface area contributed by atoms with Crippen LogP contribution in [0.3, 0.4) is 0 Å². The number of anilines is 1. The van der Waals surface area contributed by atoms with E-state index in [0.717, 1.165) is 17.7 Å². The van der Waals surface area contributed by atoms with Crippen molar-refractivity contribution in [3.05, 3.63) is 41.5 Å². The minimum absolute atomic E-state index is 0.112. The summed E-state index contributed by atoms with van der Waals surface area (Å²) >= 11 is 2.74. The average molecular weight is 359 g/mol. The van der Waals surface area contributed by atoms with Crippen LogP contribution in [-0.4, -0.2) is 31.3 Å². The predicted molar refractivity (Wildman–Crippen MR) is 97.3 cm³/mol. The Balaban J connectivity index is 1.63. The van der Waals surface area contributed by atoms with Gasteiger partial charge in [-0.05, 0) is 18.9 Å². The van der Waals surface area contributed by atoms with Crippen LogP contribution in [0.5, 0.6) is 0 Å². The van der Waals surface area contributed by atoms with Gasteiger partial charge in [0.2, 0.25) is 5.91 Å². The number of aromatic amines is 1. The normalized spacial score (nSPS) is 12.1. The zero-order chi connectivity index (χ0) is 16.9. The first-order valence-corrected chi connectivity index (χ1v) is 9.29. The molecule has 1 amide bonds. The lowest BCUT2D eigenvalue weighted by atomic mass is 10.1. The van der Waals surface area contributed by atoms with E-state index in [1.54, 1.807) is 0 Å². The monoisotopic (exact) mass is 359 g/mol. The van der Waals surface area contributed by atoms with Crippen molar-refractivity contribution in [1.29, 1.82) is 0 Å². The van der Waals surface area contributed by atoms with Crippen molar-refractivity contribution in [2.45, 2.75) is 30.7 Å². The number of aryl methyl sites for hydroxylation is 1. The van der Waals surface area contributed by atoms with Crippen LogP contribution in [0.4, 0.5) is 5.13 Å². The quantitative estimate of drug-likeness (QED) is 0.657. The molecule has 0 aliphatic rings. The summed E-state index contributed by atoms with van der Waals surface area (Å²) in [5, 5.41) is 12.2. The second kappa shape index (κ2) is 7.59. The zero-order valence-electron chi connectivity index (χ0n) is 13.3. The summed E-state index contributed by atoms with van der Waals surface area (Å²) in [6.45, 7) is 3.95. The van der Waals surface area contributed by atoms with Gasteiger partial charge in [0.25, 0.3) is 0 Å². The summed E-state index contributed by atoms with van der Waals surface area (Å²) in [5.41, 5.74) is 3.21. The molecule has 0 radical (unpaired) electrons. The number of benzene rings is 1. The number of nitrogens with one attached hydrogen (secondary N) is 2. The summed E-state index contributed by atoms with van der Waals surface area (Å²) in [5.74, 6) is -0.112. The fraction of sp³-hybridized carbons (Fsp3) is 0.250. The predicted octanol–water partition coefficient (Wildman–Crippen LogP) is 3.61. The molecule has 6 nitrogen and oxygen atoms in total. The Morgan fingerprint density at radius 1 is 1.38 bits per heavy atom. The third-order valence-corrected chi connectivity index (χ3v) is 5.19. The summed E-state index contributed by atoms with van der Waals surface area (Å²) < 4.78 is 0. The molecule has 1 aromatic carbocycles. The van der Waals surface area contributed by atoms with E-state index < -0.39 is 0 Å². The van der Waals surface area contributed by atoms with Crippen LogP contribution in [0, 0.1) is 0 Å². The van der Waals surface area contributed by atoms with Crippen LogP contribution in [0.1, 0.15) is 19.4 Å². The van der Waals surface area contributed by atoms with Crippen LogP contribution in [0.25, 0.3) is 11.3 Å². The molecular formula is C16H17N5OS2. The van der Waals surface area contributed by atoms with Crippen molar-refractivity contribution in [3.63, 3.8) is 0 Å². The van der Waals surface area contributed by atoms with Crippen molar-refractivity contribution >= 4 is 34.1 Å². The molecular weight excluding hydrogens is 342 g/mol. The molecule has 3 rings (SSSR count). The molecule has 0 saturated carbocycles. The lowest BCUT2D eigenvalue weighted by molar-refractivity contribution is -0.115. The topological polar surface area (TPSA) is 83.6 Å². The summed E-state index contributed by atoms with van der Waals surface area (Å²) in [6.07, 6.45) is 2.43. The van der Waals surface area contributed by atoms with Gasteiger partial charge in [-0.1, -0.05) is 43.0 Å². The molecule has 0 fully saturated rings. The highest BCUT2D eigenvalue weighted by Gasteiger charge is 2.17. The van der Waals surface area contributed by atoms with Gasteiger partial charge in [-0.2, -0.15) is 5.10 Å². The zero-order valence-corrected chi connectivity index (χ0v) is 14.9.